The van der Waals surface area contributed by atoms with Crippen LogP contribution in [0.2, 0.25) is 0 Å². The van der Waals surface area contributed by atoms with Gasteiger partial charge in [0.15, 0.2) is 0 Å². The quantitative estimate of drug-likeness (QED) is 0.635. The maximum atomic E-state index is 13.0. The highest BCUT2D eigenvalue weighted by molar-refractivity contribution is 7.89. The number of nitriles is 1. The summed E-state index contributed by atoms with van der Waals surface area (Å²) in [5.41, 5.74) is 3.22. The van der Waals surface area contributed by atoms with E-state index in [4.69, 9.17) is 5.26 Å². The number of nitrogens with one attached hydrogen (secondary N) is 1. The van der Waals surface area contributed by atoms with Gasteiger partial charge in [-0.2, -0.15) is 9.57 Å². The van der Waals surface area contributed by atoms with Gasteiger partial charge in [0.1, 0.15) is 0 Å². The monoisotopic (exact) mass is 495 g/mol. The van der Waals surface area contributed by atoms with E-state index in [0.29, 0.717) is 24.3 Å². The number of amides is 1. The summed E-state index contributed by atoms with van der Waals surface area (Å²) in [5, 5.41) is 11.9. The van der Waals surface area contributed by atoms with Gasteiger partial charge in [-0.05, 0) is 55.2 Å². The molecule has 2 saturated heterocycles. The van der Waals surface area contributed by atoms with Gasteiger partial charge in [-0.3, -0.25) is 14.6 Å². The number of sulfonamides is 1. The average Bonchev–Trinajstić information content (AvgIpc) is 2.87. The van der Waals surface area contributed by atoms with Gasteiger partial charge in [0.05, 0.1) is 23.1 Å². The number of hydrogen-bond acceptors (Lipinski definition) is 6. The molecule has 2 fully saturated rings. The number of hydrogen-bond donors (Lipinski definition) is 1. The fourth-order valence-electron chi connectivity index (χ4n) is 4.59. The highest BCUT2D eigenvalue weighted by Crippen LogP contribution is 2.25. The minimum atomic E-state index is -3.55. The number of aryl methyl sites for hydroxylation is 1. The summed E-state index contributed by atoms with van der Waals surface area (Å²) < 4.78 is 27.6. The Bertz CT molecular complexity index is 1180. The van der Waals surface area contributed by atoms with Gasteiger partial charge < -0.3 is 5.32 Å². The highest BCUT2D eigenvalue weighted by Gasteiger charge is 2.27. The number of anilines is 1. The van der Waals surface area contributed by atoms with E-state index in [0.717, 1.165) is 57.5 Å². The molecule has 9 heteroatoms. The van der Waals surface area contributed by atoms with Crippen LogP contribution in [0, 0.1) is 18.3 Å². The molecule has 2 aliphatic heterocycles. The molecule has 0 bridgehead atoms. The molecule has 0 aliphatic carbocycles. The van der Waals surface area contributed by atoms with Crippen molar-refractivity contribution in [2.45, 2.75) is 37.6 Å². The molecule has 0 aromatic heterocycles. The molecule has 2 aromatic rings. The third-order valence-electron chi connectivity index (χ3n) is 6.76. The van der Waals surface area contributed by atoms with Crippen LogP contribution in [0.1, 0.15) is 36.0 Å². The zero-order valence-electron chi connectivity index (χ0n) is 20.2. The Labute approximate surface area is 208 Å². The van der Waals surface area contributed by atoms with Crippen molar-refractivity contribution < 1.29 is 13.2 Å². The fraction of sp³-hybridized carbons (Fsp3) is 0.462. The van der Waals surface area contributed by atoms with Gasteiger partial charge >= 0.3 is 0 Å². The molecule has 186 valence electrons. The molecule has 0 atom stereocenters. The standard InChI is InChI=1S/C26H33N5O3S/c1-21-5-10-24(35(33,34)31-11-3-2-4-12-31)17-25(21)28-26(32)20-30-15-13-29(14-16-30)19-23-8-6-22(18-27)7-9-23/h5-10,17H,2-4,11-16,19-20H2,1H3,(H,28,32). The predicted molar refractivity (Wildman–Crippen MR) is 135 cm³/mol. The SMILES string of the molecule is Cc1ccc(S(=O)(=O)N2CCCCC2)cc1NC(=O)CN1CCN(Cc2ccc(C#N)cc2)CC1. The third kappa shape index (κ3) is 6.47. The second-order valence-corrected chi connectivity index (χ2v) is 11.3. The molecule has 2 heterocycles. The molecule has 2 aliphatic rings. The molecule has 0 unspecified atom stereocenters. The summed E-state index contributed by atoms with van der Waals surface area (Å²) in [7, 11) is -3.55. The van der Waals surface area contributed by atoms with Crippen LogP contribution in [0.5, 0.6) is 0 Å². The van der Waals surface area contributed by atoms with Crippen molar-refractivity contribution >= 4 is 21.6 Å². The molecule has 1 N–H and O–H groups in total. The lowest BCUT2D eigenvalue weighted by Crippen LogP contribution is -2.48. The summed E-state index contributed by atoms with van der Waals surface area (Å²) in [6, 6.07) is 14.8. The lowest BCUT2D eigenvalue weighted by atomic mass is 10.1. The predicted octanol–water partition coefficient (Wildman–Crippen LogP) is 2.80. The first kappa shape index (κ1) is 25.3. The van der Waals surface area contributed by atoms with Gasteiger partial charge in [0.2, 0.25) is 15.9 Å². The Morgan fingerprint density at radius 1 is 0.943 bits per heavy atom. The number of piperidine rings is 1. The molecule has 8 nitrogen and oxygen atoms in total. The summed E-state index contributed by atoms with van der Waals surface area (Å²) in [5.74, 6) is -0.138. The van der Waals surface area contributed by atoms with E-state index in [1.165, 1.54) is 5.56 Å². The highest BCUT2D eigenvalue weighted by atomic mass is 32.2. The molecule has 35 heavy (non-hydrogen) atoms. The normalized spacial score (nSPS) is 18.2. The van der Waals surface area contributed by atoms with E-state index < -0.39 is 10.0 Å². The van der Waals surface area contributed by atoms with E-state index in [1.807, 2.05) is 31.2 Å². The van der Waals surface area contributed by atoms with E-state index in [2.05, 4.69) is 21.2 Å². The van der Waals surface area contributed by atoms with Gasteiger partial charge in [0.25, 0.3) is 0 Å². The maximum Gasteiger partial charge on any atom is 0.243 e. The van der Waals surface area contributed by atoms with Crippen LogP contribution in [-0.4, -0.2) is 74.2 Å². The largest absolute Gasteiger partial charge is 0.325 e. The van der Waals surface area contributed by atoms with Crippen LogP contribution in [0.3, 0.4) is 0 Å². The van der Waals surface area contributed by atoms with Crippen molar-refractivity contribution in [2.24, 2.45) is 0 Å². The number of carbonyl (C=O) groups excluding carboxylic acids is 1. The summed E-state index contributed by atoms with van der Waals surface area (Å²) in [6.07, 6.45) is 2.83. The number of nitrogens with zero attached hydrogens (tertiary/aromatic N) is 4. The van der Waals surface area contributed by atoms with Crippen molar-refractivity contribution in [1.29, 1.82) is 5.26 Å². The molecular formula is C26H33N5O3S. The molecule has 0 radical (unpaired) electrons. The van der Waals surface area contributed by atoms with E-state index in [-0.39, 0.29) is 17.3 Å². The minimum absolute atomic E-state index is 0.138. The second kappa shape index (κ2) is 11.3. The van der Waals surface area contributed by atoms with E-state index in [9.17, 15) is 13.2 Å². The van der Waals surface area contributed by atoms with Crippen LogP contribution < -0.4 is 5.32 Å². The Morgan fingerprint density at radius 2 is 1.60 bits per heavy atom. The molecule has 0 saturated carbocycles. The zero-order chi connectivity index (χ0) is 24.8. The topological polar surface area (TPSA) is 96.8 Å². The Kier molecular flexibility index (Phi) is 8.19. The van der Waals surface area contributed by atoms with E-state index in [1.54, 1.807) is 22.5 Å². The summed E-state index contributed by atoms with van der Waals surface area (Å²) in [6.45, 7) is 7.35. The van der Waals surface area contributed by atoms with Gasteiger partial charge in [-0.25, -0.2) is 8.42 Å². The average molecular weight is 496 g/mol. The van der Waals surface area contributed by atoms with Crippen molar-refractivity contribution in [3.05, 3.63) is 59.2 Å². The number of carbonyl (C=O) groups is 1. The van der Waals surface area contributed by atoms with Crippen molar-refractivity contribution in [2.75, 3.05) is 51.1 Å². The van der Waals surface area contributed by atoms with Crippen molar-refractivity contribution in [1.82, 2.24) is 14.1 Å². The Morgan fingerprint density at radius 3 is 2.26 bits per heavy atom. The fourth-order valence-corrected chi connectivity index (χ4v) is 6.14. The molecule has 0 spiro atoms. The van der Waals surface area contributed by atoms with Crippen LogP contribution in [0.25, 0.3) is 0 Å². The summed E-state index contributed by atoms with van der Waals surface area (Å²) in [4.78, 5) is 17.5. The molecule has 2 aromatic carbocycles. The van der Waals surface area contributed by atoms with Crippen LogP contribution in [0.15, 0.2) is 47.4 Å². The van der Waals surface area contributed by atoms with Crippen LogP contribution in [0.4, 0.5) is 5.69 Å². The Balaban J connectivity index is 1.30. The lowest BCUT2D eigenvalue weighted by molar-refractivity contribution is -0.117. The first-order valence-electron chi connectivity index (χ1n) is 12.2. The maximum absolute atomic E-state index is 13.0. The Hall–Kier alpha value is -2.77. The van der Waals surface area contributed by atoms with Gasteiger partial charge in [-0.1, -0.05) is 24.6 Å². The first-order valence-corrected chi connectivity index (χ1v) is 13.6. The summed E-state index contributed by atoms with van der Waals surface area (Å²) >= 11 is 0. The van der Waals surface area contributed by atoms with Crippen LogP contribution in [-0.2, 0) is 21.4 Å². The second-order valence-electron chi connectivity index (χ2n) is 9.35. The number of rotatable bonds is 7. The lowest BCUT2D eigenvalue weighted by Gasteiger charge is -2.34. The van der Waals surface area contributed by atoms with Gasteiger partial charge in [0, 0.05) is 51.5 Å². The third-order valence-corrected chi connectivity index (χ3v) is 8.65. The van der Waals surface area contributed by atoms with Crippen molar-refractivity contribution in [3.8, 4) is 6.07 Å². The van der Waals surface area contributed by atoms with Crippen molar-refractivity contribution in [3.63, 3.8) is 0 Å². The molecule has 1 amide bonds. The number of benzene rings is 2. The van der Waals surface area contributed by atoms with Crippen LogP contribution >= 0.6 is 0 Å². The zero-order valence-corrected chi connectivity index (χ0v) is 21.1. The van der Waals surface area contributed by atoms with Gasteiger partial charge in [-0.15, -0.1) is 0 Å². The molecule has 4 rings (SSSR count). The molecular weight excluding hydrogens is 462 g/mol. The smallest absolute Gasteiger partial charge is 0.243 e. The number of piperazine rings is 1. The van der Waals surface area contributed by atoms with E-state index >= 15 is 0 Å². The first-order chi connectivity index (χ1) is 16.8. The minimum Gasteiger partial charge on any atom is -0.325 e.